The lowest BCUT2D eigenvalue weighted by Gasteiger charge is -2.30. The van der Waals surface area contributed by atoms with Gasteiger partial charge in [0.1, 0.15) is 11.4 Å². The van der Waals surface area contributed by atoms with Gasteiger partial charge < -0.3 is 0 Å². The number of aryl methyl sites for hydroxylation is 1. The molecule has 0 N–H and O–H groups in total. The van der Waals surface area contributed by atoms with Crippen molar-refractivity contribution in [3.63, 3.8) is 0 Å². The number of Topliss-reactive ketones (excluding diaryl/α,β-unsaturated/α-hetero) is 1. The molecule has 0 bridgehead atoms. The molecule has 152 valence electrons. The first kappa shape index (κ1) is 21.1. The van der Waals surface area contributed by atoms with Crippen LogP contribution in [0.4, 0.5) is 0 Å². The van der Waals surface area contributed by atoms with Gasteiger partial charge >= 0.3 is 0 Å². The molecule has 0 aliphatic rings. The van der Waals surface area contributed by atoms with Crippen LogP contribution in [0.25, 0.3) is 0 Å². The summed E-state index contributed by atoms with van der Waals surface area (Å²) >= 11 is 1.65. The summed E-state index contributed by atoms with van der Waals surface area (Å²) in [5.41, 5.74) is 0. The highest BCUT2D eigenvalue weighted by Gasteiger charge is 2.32. The predicted molar refractivity (Wildman–Crippen MR) is 133 cm³/mol. The molecule has 0 saturated carbocycles. The van der Waals surface area contributed by atoms with E-state index >= 15 is 0 Å². The van der Waals surface area contributed by atoms with E-state index < -0.39 is 6.89 Å². The summed E-state index contributed by atoms with van der Waals surface area (Å²) in [6, 6.07) is 36.6. The molecule has 0 spiro atoms. The first-order valence-corrected chi connectivity index (χ1v) is 12.8. The van der Waals surface area contributed by atoms with Crippen LogP contribution >= 0.6 is 18.2 Å². The minimum atomic E-state index is -2.62. The number of ketones is 1. The number of carbonyl (C=O) groups is 1. The molecule has 1 aromatic heterocycles. The van der Waals surface area contributed by atoms with Gasteiger partial charge in [-0.1, -0.05) is 97.1 Å². The topological polar surface area (TPSA) is 40.9 Å². The zero-order chi connectivity index (χ0) is 21.5. The summed E-state index contributed by atoms with van der Waals surface area (Å²) in [6.07, 6.45) is 0.984. The van der Waals surface area contributed by atoms with Crippen LogP contribution in [0.3, 0.4) is 0 Å². The Morgan fingerprint density at radius 3 is 1.61 bits per heavy atom. The van der Waals surface area contributed by atoms with Gasteiger partial charge in [-0.2, -0.15) is 5.26 Å². The number of thiophene rings is 1. The molecule has 0 amide bonds. The number of hydrogen-bond acceptors (Lipinski definition) is 3. The van der Waals surface area contributed by atoms with E-state index in [1.807, 2.05) is 72.1 Å². The second-order valence-corrected chi connectivity index (χ2v) is 11.5. The number of nitrogens with zero attached hydrogens (tertiary/aromatic N) is 1. The Kier molecular flexibility index (Phi) is 6.63. The highest BCUT2D eigenvalue weighted by atomic mass is 32.1. The van der Waals surface area contributed by atoms with Crippen molar-refractivity contribution in [3.8, 4) is 6.07 Å². The first-order chi connectivity index (χ1) is 15.3. The molecule has 4 heteroatoms. The van der Waals surface area contributed by atoms with Gasteiger partial charge in [0.25, 0.3) is 0 Å². The monoisotopic (exact) mass is 439 g/mol. The molecule has 4 aromatic rings. The van der Waals surface area contributed by atoms with Crippen molar-refractivity contribution in [1.82, 2.24) is 0 Å². The van der Waals surface area contributed by atoms with Crippen LogP contribution in [-0.2, 0) is 11.2 Å². The van der Waals surface area contributed by atoms with Crippen LogP contribution in [0.1, 0.15) is 11.3 Å². The zero-order valence-corrected chi connectivity index (χ0v) is 18.7. The van der Waals surface area contributed by atoms with Crippen LogP contribution in [0.2, 0.25) is 0 Å². The molecular formula is C27H22NOPS. The predicted octanol–water partition coefficient (Wildman–Crippen LogP) is 4.94. The number of rotatable bonds is 7. The average molecular weight is 440 g/mol. The van der Waals surface area contributed by atoms with E-state index in [-0.39, 0.29) is 5.78 Å². The Bertz CT molecular complexity index is 1140. The molecular weight excluding hydrogens is 417 g/mol. The van der Waals surface area contributed by atoms with Crippen molar-refractivity contribution in [2.75, 3.05) is 0 Å². The SMILES string of the molecule is N#CC(C(=O)CCc1cccs1)=P(c1ccccc1)(c1ccccc1)c1ccccc1. The van der Waals surface area contributed by atoms with Crippen molar-refractivity contribution in [2.45, 2.75) is 12.8 Å². The minimum absolute atomic E-state index is 0.0687. The van der Waals surface area contributed by atoms with Crippen LogP contribution in [0.15, 0.2) is 109 Å². The van der Waals surface area contributed by atoms with Crippen LogP contribution < -0.4 is 15.9 Å². The molecule has 31 heavy (non-hydrogen) atoms. The van der Waals surface area contributed by atoms with E-state index in [2.05, 4.69) is 42.5 Å². The molecule has 0 aliphatic carbocycles. The Balaban J connectivity index is 2.02. The first-order valence-electron chi connectivity index (χ1n) is 10.2. The smallest absolute Gasteiger partial charge is 0.174 e. The van der Waals surface area contributed by atoms with Gasteiger partial charge in [-0.05, 0) is 40.7 Å². The lowest BCUT2D eigenvalue weighted by molar-refractivity contribution is -0.112. The minimum Gasteiger partial charge on any atom is -0.293 e. The van der Waals surface area contributed by atoms with Crippen molar-refractivity contribution in [2.24, 2.45) is 0 Å². The van der Waals surface area contributed by atoms with Crippen molar-refractivity contribution in [1.29, 1.82) is 5.26 Å². The van der Waals surface area contributed by atoms with Crippen molar-refractivity contribution >= 4 is 45.2 Å². The summed E-state index contributed by atoms with van der Waals surface area (Å²) < 4.78 is 0. The van der Waals surface area contributed by atoms with Gasteiger partial charge in [0.2, 0.25) is 0 Å². The van der Waals surface area contributed by atoms with E-state index in [0.717, 1.165) is 20.8 Å². The summed E-state index contributed by atoms with van der Waals surface area (Å²) in [4.78, 5) is 14.8. The number of hydrogen-bond donors (Lipinski definition) is 0. The van der Waals surface area contributed by atoms with Crippen molar-refractivity contribution in [3.05, 3.63) is 113 Å². The number of nitriles is 1. The molecule has 0 saturated heterocycles. The fourth-order valence-electron chi connectivity index (χ4n) is 3.92. The molecule has 1 heterocycles. The van der Waals surface area contributed by atoms with Gasteiger partial charge in [-0.15, -0.1) is 11.3 Å². The highest BCUT2D eigenvalue weighted by Crippen LogP contribution is 2.46. The summed E-state index contributed by atoms with van der Waals surface area (Å²) in [7, 11) is 0. The maximum atomic E-state index is 13.6. The quantitative estimate of drug-likeness (QED) is 0.383. The normalized spacial score (nSPS) is 10.9. The third-order valence-electron chi connectivity index (χ3n) is 5.31. The zero-order valence-electron chi connectivity index (χ0n) is 17.0. The van der Waals surface area contributed by atoms with Crippen LogP contribution in [-0.4, -0.2) is 11.1 Å². The van der Waals surface area contributed by atoms with Gasteiger partial charge in [0, 0.05) is 11.3 Å². The lowest BCUT2D eigenvalue weighted by Crippen LogP contribution is -2.33. The largest absolute Gasteiger partial charge is 0.293 e. The van der Waals surface area contributed by atoms with Gasteiger partial charge in [-0.25, -0.2) is 0 Å². The van der Waals surface area contributed by atoms with E-state index in [1.54, 1.807) is 11.3 Å². The summed E-state index contributed by atoms with van der Waals surface area (Å²) in [5.74, 6) is -0.0687. The third kappa shape index (κ3) is 4.19. The molecule has 0 fully saturated rings. The molecule has 0 unspecified atom stereocenters. The highest BCUT2D eigenvalue weighted by molar-refractivity contribution is 7.96. The lowest BCUT2D eigenvalue weighted by atomic mass is 10.1. The second-order valence-electron chi connectivity index (χ2n) is 7.14. The van der Waals surface area contributed by atoms with Crippen molar-refractivity contribution < 1.29 is 4.79 Å². The van der Waals surface area contributed by atoms with E-state index in [9.17, 15) is 10.1 Å². The standard InChI is InChI=1S/C27H22NOPS/c28-21-27(26(29)19-18-25-17-10-20-31-25)30(22-11-4-1-5-12-22,23-13-6-2-7-14-23)24-15-8-3-9-16-24/h1-17,20H,18-19H2. The fourth-order valence-corrected chi connectivity index (χ4v) is 8.80. The van der Waals surface area contributed by atoms with E-state index in [0.29, 0.717) is 18.1 Å². The summed E-state index contributed by atoms with van der Waals surface area (Å²) in [6.45, 7) is -2.62. The molecule has 3 aromatic carbocycles. The second kappa shape index (κ2) is 9.75. The molecule has 0 radical (unpaired) electrons. The molecule has 0 aliphatic heterocycles. The molecule has 0 atom stereocenters. The summed E-state index contributed by atoms with van der Waals surface area (Å²) in [5, 5.41) is 15.8. The Labute approximate surface area is 187 Å². The average Bonchev–Trinajstić information content (AvgIpc) is 3.36. The number of carbonyl (C=O) groups excluding carboxylic acids is 1. The third-order valence-corrected chi connectivity index (χ3v) is 10.5. The molecule has 2 nitrogen and oxygen atoms in total. The van der Waals surface area contributed by atoms with E-state index in [1.165, 1.54) is 0 Å². The maximum absolute atomic E-state index is 13.6. The maximum Gasteiger partial charge on any atom is 0.174 e. The fraction of sp³-hybridized carbons (Fsp3) is 0.0741. The Morgan fingerprint density at radius 1 is 0.742 bits per heavy atom. The Morgan fingerprint density at radius 2 is 1.23 bits per heavy atom. The van der Waals surface area contributed by atoms with Gasteiger partial charge in [0.05, 0.1) is 0 Å². The Hall–Kier alpha value is -3.18. The van der Waals surface area contributed by atoms with Crippen LogP contribution in [0.5, 0.6) is 0 Å². The number of benzene rings is 3. The molecule has 4 rings (SSSR count). The van der Waals surface area contributed by atoms with Gasteiger partial charge in [0.15, 0.2) is 5.78 Å². The van der Waals surface area contributed by atoms with E-state index in [4.69, 9.17) is 0 Å². The van der Waals surface area contributed by atoms with Gasteiger partial charge in [-0.3, -0.25) is 4.79 Å². The van der Waals surface area contributed by atoms with Crippen LogP contribution in [0, 0.1) is 11.3 Å².